The van der Waals surface area contributed by atoms with Gasteiger partial charge in [-0.3, -0.25) is 9.20 Å². The van der Waals surface area contributed by atoms with Crippen LogP contribution in [0.4, 0.5) is 0 Å². The second-order valence-corrected chi connectivity index (χ2v) is 5.13. The molecule has 0 aliphatic rings. The van der Waals surface area contributed by atoms with Gasteiger partial charge in [-0.1, -0.05) is 19.9 Å². The number of nitrogens with zero attached hydrogens (tertiary/aromatic N) is 3. The number of nitrogens with one attached hydrogen (secondary N) is 1. The van der Waals surface area contributed by atoms with Crippen molar-refractivity contribution in [3.63, 3.8) is 0 Å². The predicted octanol–water partition coefficient (Wildman–Crippen LogP) is 0.283. The zero-order valence-corrected chi connectivity index (χ0v) is 12.4. The number of hydrogen-bond acceptors (Lipinski definition) is 5. The number of carbonyl (C=O) groups excluding carboxylic acids is 1. The molecule has 0 spiro atoms. The fourth-order valence-corrected chi connectivity index (χ4v) is 2.16. The zero-order valence-electron chi connectivity index (χ0n) is 12.4. The standard InChI is InChI=1S/C14H20N4O3/c1-10(2)12(13(19)21-3)15-7-9-18-14(20)17-8-5-4-6-11(17)16-18/h4-6,8,10,12,15H,7,9H2,1-3H3. The van der Waals surface area contributed by atoms with Gasteiger partial charge in [0.05, 0.1) is 13.7 Å². The highest BCUT2D eigenvalue weighted by Gasteiger charge is 2.22. The van der Waals surface area contributed by atoms with Gasteiger partial charge in [-0.05, 0) is 18.1 Å². The van der Waals surface area contributed by atoms with E-state index in [1.165, 1.54) is 16.2 Å². The lowest BCUT2D eigenvalue weighted by Gasteiger charge is -2.19. The number of rotatable bonds is 6. The molecular weight excluding hydrogens is 272 g/mol. The second-order valence-electron chi connectivity index (χ2n) is 5.13. The summed E-state index contributed by atoms with van der Waals surface area (Å²) in [4.78, 5) is 23.7. The first-order chi connectivity index (χ1) is 10.0. The minimum absolute atomic E-state index is 0.107. The Morgan fingerprint density at radius 1 is 1.43 bits per heavy atom. The molecule has 1 unspecified atom stereocenters. The SMILES string of the molecule is COC(=O)C(NCCn1nc2ccccn2c1=O)C(C)C. The van der Waals surface area contributed by atoms with E-state index in [0.29, 0.717) is 18.7 Å². The molecule has 0 bridgehead atoms. The third-order valence-corrected chi connectivity index (χ3v) is 3.30. The molecule has 2 heterocycles. The van der Waals surface area contributed by atoms with Crippen LogP contribution in [0.2, 0.25) is 0 Å². The lowest BCUT2D eigenvalue weighted by atomic mass is 10.1. The van der Waals surface area contributed by atoms with Gasteiger partial charge in [-0.15, -0.1) is 5.10 Å². The molecule has 2 aromatic heterocycles. The predicted molar refractivity (Wildman–Crippen MR) is 78.1 cm³/mol. The van der Waals surface area contributed by atoms with Crippen molar-refractivity contribution in [2.75, 3.05) is 13.7 Å². The van der Waals surface area contributed by atoms with Crippen molar-refractivity contribution in [3.05, 3.63) is 34.9 Å². The molecule has 7 nitrogen and oxygen atoms in total. The van der Waals surface area contributed by atoms with Gasteiger partial charge in [-0.2, -0.15) is 0 Å². The van der Waals surface area contributed by atoms with E-state index in [9.17, 15) is 9.59 Å². The van der Waals surface area contributed by atoms with Gasteiger partial charge in [0.15, 0.2) is 5.65 Å². The van der Waals surface area contributed by atoms with Gasteiger partial charge >= 0.3 is 11.7 Å². The van der Waals surface area contributed by atoms with Crippen molar-refractivity contribution in [1.29, 1.82) is 0 Å². The van der Waals surface area contributed by atoms with E-state index >= 15 is 0 Å². The minimum atomic E-state index is -0.386. The van der Waals surface area contributed by atoms with Crippen molar-refractivity contribution in [1.82, 2.24) is 19.5 Å². The van der Waals surface area contributed by atoms with Gasteiger partial charge in [0.2, 0.25) is 0 Å². The highest BCUT2D eigenvalue weighted by Crippen LogP contribution is 2.03. The van der Waals surface area contributed by atoms with Gasteiger partial charge in [-0.25, -0.2) is 9.48 Å². The fraction of sp³-hybridized carbons (Fsp3) is 0.500. The normalized spacial score (nSPS) is 12.8. The summed E-state index contributed by atoms with van der Waals surface area (Å²) < 4.78 is 7.63. The van der Waals surface area contributed by atoms with Crippen LogP contribution in [0.3, 0.4) is 0 Å². The maximum atomic E-state index is 12.1. The fourth-order valence-electron chi connectivity index (χ4n) is 2.16. The third-order valence-electron chi connectivity index (χ3n) is 3.30. The summed E-state index contributed by atoms with van der Waals surface area (Å²) in [6.45, 7) is 4.72. The quantitative estimate of drug-likeness (QED) is 0.774. The molecule has 0 radical (unpaired) electrons. The number of hydrogen-bond donors (Lipinski definition) is 1. The summed E-state index contributed by atoms with van der Waals surface area (Å²) in [6.07, 6.45) is 1.68. The second kappa shape index (κ2) is 6.53. The highest BCUT2D eigenvalue weighted by molar-refractivity contribution is 5.75. The Balaban J connectivity index is 2.03. The Labute approximate surface area is 122 Å². The van der Waals surface area contributed by atoms with E-state index in [1.807, 2.05) is 19.9 Å². The summed E-state index contributed by atoms with van der Waals surface area (Å²) in [5, 5.41) is 7.34. The van der Waals surface area contributed by atoms with Gasteiger partial charge in [0.25, 0.3) is 0 Å². The van der Waals surface area contributed by atoms with Gasteiger partial charge in [0.1, 0.15) is 6.04 Å². The lowest BCUT2D eigenvalue weighted by Crippen LogP contribution is -2.43. The molecule has 0 aromatic carbocycles. The topological polar surface area (TPSA) is 77.6 Å². The molecule has 0 fully saturated rings. The molecule has 0 saturated heterocycles. The van der Waals surface area contributed by atoms with E-state index in [0.717, 1.165) is 0 Å². The van der Waals surface area contributed by atoms with Crippen LogP contribution in [0.5, 0.6) is 0 Å². The maximum absolute atomic E-state index is 12.1. The number of methoxy groups -OCH3 is 1. The molecule has 1 atom stereocenters. The molecule has 0 saturated carbocycles. The minimum Gasteiger partial charge on any atom is -0.468 e. The molecular formula is C14H20N4O3. The van der Waals surface area contributed by atoms with Crippen LogP contribution in [0.1, 0.15) is 13.8 Å². The Kier molecular flexibility index (Phi) is 4.74. The number of esters is 1. The van der Waals surface area contributed by atoms with Crippen LogP contribution in [0.25, 0.3) is 5.65 Å². The van der Waals surface area contributed by atoms with Crippen LogP contribution in [-0.2, 0) is 16.1 Å². The Bertz CT molecular complexity index is 674. The molecule has 114 valence electrons. The van der Waals surface area contributed by atoms with Crippen LogP contribution in [0, 0.1) is 5.92 Å². The first-order valence-electron chi connectivity index (χ1n) is 6.90. The summed E-state index contributed by atoms with van der Waals surface area (Å²) >= 11 is 0. The van der Waals surface area contributed by atoms with Crippen LogP contribution in [-0.4, -0.2) is 39.8 Å². The largest absolute Gasteiger partial charge is 0.468 e. The molecule has 1 N–H and O–H groups in total. The highest BCUT2D eigenvalue weighted by atomic mass is 16.5. The summed E-state index contributed by atoms with van der Waals surface area (Å²) in [6, 6.07) is 5.00. The molecule has 21 heavy (non-hydrogen) atoms. The monoisotopic (exact) mass is 292 g/mol. The smallest absolute Gasteiger partial charge is 0.350 e. The van der Waals surface area contributed by atoms with E-state index in [-0.39, 0.29) is 23.6 Å². The summed E-state index contributed by atoms with van der Waals surface area (Å²) in [5.41, 5.74) is 0.419. The van der Waals surface area contributed by atoms with E-state index in [4.69, 9.17) is 4.74 Å². The molecule has 7 heteroatoms. The van der Waals surface area contributed by atoms with Crippen molar-refractivity contribution >= 4 is 11.6 Å². The number of ether oxygens (including phenoxy) is 1. The maximum Gasteiger partial charge on any atom is 0.350 e. The number of pyridine rings is 1. The molecule has 2 rings (SSSR count). The summed E-state index contributed by atoms with van der Waals surface area (Å²) in [7, 11) is 1.37. The average molecular weight is 292 g/mol. The molecule has 0 aliphatic heterocycles. The Morgan fingerprint density at radius 2 is 2.19 bits per heavy atom. The van der Waals surface area contributed by atoms with Crippen LogP contribution in [0.15, 0.2) is 29.2 Å². The number of aromatic nitrogens is 3. The summed E-state index contributed by atoms with van der Waals surface area (Å²) in [5.74, 6) is -0.192. The molecule has 2 aromatic rings. The van der Waals surface area contributed by atoms with Crippen molar-refractivity contribution in [2.24, 2.45) is 5.92 Å². The Morgan fingerprint density at radius 3 is 2.81 bits per heavy atom. The van der Waals surface area contributed by atoms with Gasteiger partial charge < -0.3 is 10.1 Å². The van der Waals surface area contributed by atoms with Crippen LogP contribution >= 0.6 is 0 Å². The van der Waals surface area contributed by atoms with E-state index in [2.05, 4.69) is 10.4 Å². The molecule has 0 amide bonds. The first kappa shape index (κ1) is 15.2. The van der Waals surface area contributed by atoms with Crippen LogP contribution < -0.4 is 11.0 Å². The molecule has 0 aliphatic carbocycles. The number of carbonyl (C=O) groups is 1. The lowest BCUT2D eigenvalue weighted by molar-refractivity contribution is -0.144. The van der Waals surface area contributed by atoms with Crippen molar-refractivity contribution < 1.29 is 9.53 Å². The van der Waals surface area contributed by atoms with Crippen molar-refractivity contribution in [2.45, 2.75) is 26.4 Å². The van der Waals surface area contributed by atoms with E-state index < -0.39 is 0 Å². The Hall–Kier alpha value is -2.15. The first-order valence-corrected chi connectivity index (χ1v) is 6.90. The zero-order chi connectivity index (χ0) is 15.4. The van der Waals surface area contributed by atoms with Gasteiger partial charge in [0, 0.05) is 12.7 Å². The van der Waals surface area contributed by atoms with Crippen molar-refractivity contribution in [3.8, 4) is 0 Å². The van der Waals surface area contributed by atoms with E-state index in [1.54, 1.807) is 18.3 Å². The average Bonchev–Trinajstić information content (AvgIpc) is 2.79. The number of fused-ring (bicyclic) bond motifs is 1. The third kappa shape index (κ3) is 3.30.